The van der Waals surface area contributed by atoms with E-state index in [2.05, 4.69) is 9.27 Å². The van der Waals surface area contributed by atoms with Crippen LogP contribution >= 0.6 is 11.5 Å². The Morgan fingerprint density at radius 3 is 2.50 bits per heavy atom. The summed E-state index contributed by atoms with van der Waals surface area (Å²) in [6.07, 6.45) is 7.80. The van der Waals surface area contributed by atoms with Crippen LogP contribution in [-0.2, 0) is 4.79 Å². The van der Waals surface area contributed by atoms with Crippen LogP contribution in [0.3, 0.4) is 0 Å². The third-order valence-corrected chi connectivity index (χ3v) is 5.31. The number of rotatable bonds is 3. The maximum absolute atomic E-state index is 11.0. The fraction of sp³-hybridized carbons (Fsp3) is 0.786. The Morgan fingerprint density at radius 2 is 1.85 bits per heavy atom. The first-order valence-corrected chi connectivity index (χ1v) is 8.33. The van der Waals surface area contributed by atoms with Crippen molar-refractivity contribution >= 4 is 22.6 Å². The summed E-state index contributed by atoms with van der Waals surface area (Å²) in [5.41, 5.74) is 0. The zero-order valence-corrected chi connectivity index (χ0v) is 12.4. The molecule has 0 atom stereocenters. The van der Waals surface area contributed by atoms with E-state index in [1.807, 2.05) is 0 Å². The number of aromatic nitrogens is 2. The van der Waals surface area contributed by atoms with Gasteiger partial charge in [0, 0.05) is 30.5 Å². The Balaban J connectivity index is 1.61. The minimum Gasteiger partial charge on any atom is -0.481 e. The number of aliphatic carboxylic acids is 1. The summed E-state index contributed by atoms with van der Waals surface area (Å²) in [5, 5.41) is 10.0. The van der Waals surface area contributed by atoms with Crippen LogP contribution in [0.5, 0.6) is 0 Å². The Kier molecular flexibility index (Phi) is 4.19. The molecule has 0 bridgehead atoms. The van der Waals surface area contributed by atoms with Crippen molar-refractivity contribution in [2.45, 2.75) is 50.9 Å². The molecule has 0 unspecified atom stereocenters. The topological polar surface area (TPSA) is 66.3 Å². The molecule has 1 aliphatic carbocycles. The first kappa shape index (κ1) is 13.8. The average molecular weight is 295 g/mol. The molecular weight excluding hydrogens is 274 g/mol. The van der Waals surface area contributed by atoms with Gasteiger partial charge in [-0.05, 0) is 25.7 Å². The smallest absolute Gasteiger partial charge is 0.306 e. The van der Waals surface area contributed by atoms with Gasteiger partial charge in [0.1, 0.15) is 5.82 Å². The lowest BCUT2D eigenvalue weighted by atomic mass is 9.89. The molecule has 110 valence electrons. The summed E-state index contributed by atoms with van der Waals surface area (Å²) in [7, 11) is 0. The van der Waals surface area contributed by atoms with Crippen LogP contribution in [0.25, 0.3) is 0 Å². The van der Waals surface area contributed by atoms with Gasteiger partial charge in [-0.3, -0.25) is 4.79 Å². The van der Waals surface area contributed by atoms with Crippen molar-refractivity contribution in [1.82, 2.24) is 9.36 Å². The molecule has 0 amide bonds. The molecule has 5 nitrogen and oxygen atoms in total. The average Bonchev–Trinajstić information content (AvgIpc) is 2.98. The second kappa shape index (κ2) is 6.08. The third-order valence-electron chi connectivity index (χ3n) is 4.52. The zero-order valence-electron chi connectivity index (χ0n) is 11.6. The van der Waals surface area contributed by atoms with Crippen LogP contribution in [0.1, 0.15) is 56.7 Å². The first-order chi connectivity index (χ1) is 9.74. The van der Waals surface area contributed by atoms with Crippen molar-refractivity contribution in [2.75, 3.05) is 18.0 Å². The van der Waals surface area contributed by atoms with Gasteiger partial charge in [-0.1, -0.05) is 19.3 Å². The fourth-order valence-corrected chi connectivity index (χ4v) is 4.00. The molecule has 0 aromatic carbocycles. The number of hydrogen-bond donors (Lipinski definition) is 1. The zero-order chi connectivity index (χ0) is 13.9. The number of anilines is 1. The van der Waals surface area contributed by atoms with E-state index in [1.54, 1.807) is 0 Å². The number of piperidine rings is 1. The SMILES string of the molecule is O=C(O)C1CCN(c2nc(C3CCCCC3)ns2)CC1. The number of nitrogens with zero attached hydrogens (tertiary/aromatic N) is 3. The molecule has 1 aliphatic heterocycles. The van der Waals surface area contributed by atoms with E-state index in [4.69, 9.17) is 10.1 Å². The number of carbonyl (C=O) groups is 1. The maximum Gasteiger partial charge on any atom is 0.306 e. The summed E-state index contributed by atoms with van der Waals surface area (Å²) in [6, 6.07) is 0. The lowest BCUT2D eigenvalue weighted by Crippen LogP contribution is -2.36. The van der Waals surface area contributed by atoms with Crippen molar-refractivity contribution in [1.29, 1.82) is 0 Å². The molecule has 0 radical (unpaired) electrons. The van der Waals surface area contributed by atoms with E-state index in [-0.39, 0.29) is 5.92 Å². The molecule has 0 spiro atoms. The van der Waals surface area contributed by atoms with Gasteiger partial charge >= 0.3 is 5.97 Å². The predicted molar refractivity (Wildman–Crippen MR) is 78.3 cm³/mol. The van der Waals surface area contributed by atoms with Gasteiger partial charge in [-0.15, -0.1) is 0 Å². The molecule has 3 rings (SSSR count). The molecule has 1 N–H and O–H groups in total. The molecule has 1 aromatic heterocycles. The van der Waals surface area contributed by atoms with Crippen molar-refractivity contribution in [2.24, 2.45) is 5.92 Å². The fourth-order valence-electron chi connectivity index (χ4n) is 3.20. The molecule has 6 heteroatoms. The molecule has 2 fully saturated rings. The van der Waals surface area contributed by atoms with E-state index >= 15 is 0 Å². The number of carboxylic acids is 1. The van der Waals surface area contributed by atoms with Gasteiger partial charge in [0.05, 0.1) is 5.92 Å². The highest BCUT2D eigenvalue weighted by Gasteiger charge is 2.27. The highest BCUT2D eigenvalue weighted by Crippen LogP contribution is 2.33. The second-order valence-electron chi connectivity index (χ2n) is 5.87. The largest absolute Gasteiger partial charge is 0.481 e. The van der Waals surface area contributed by atoms with Crippen LogP contribution in [-0.4, -0.2) is 33.5 Å². The monoisotopic (exact) mass is 295 g/mol. The molecule has 1 saturated heterocycles. The summed E-state index contributed by atoms with van der Waals surface area (Å²) in [4.78, 5) is 17.9. The van der Waals surface area contributed by atoms with Gasteiger partial charge in [0.15, 0.2) is 0 Å². The van der Waals surface area contributed by atoms with Gasteiger partial charge in [0.25, 0.3) is 0 Å². The van der Waals surface area contributed by atoms with E-state index in [1.165, 1.54) is 43.6 Å². The summed E-state index contributed by atoms with van der Waals surface area (Å²) < 4.78 is 4.54. The van der Waals surface area contributed by atoms with E-state index in [0.717, 1.165) is 24.0 Å². The van der Waals surface area contributed by atoms with Crippen LogP contribution in [0.15, 0.2) is 0 Å². The molecule has 20 heavy (non-hydrogen) atoms. The second-order valence-corrected chi connectivity index (χ2v) is 6.60. The predicted octanol–water partition coefficient (Wildman–Crippen LogP) is 2.89. The van der Waals surface area contributed by atoms with Crippen molar-refractivity contribution in [3.8, 4) is 0 Å². The van der Waals surface area contributed by atoms with E-state index < -0.39 is 5.97 Å². The highest BCUT2D eigenvalue weighted by molar-refractivity contribution is 7.09. The van der Waals surface area contributed by atoms with Crippen LogP contribution in [0.4, 0.5) is 5.13 Å². The molecule has 2 aliphatic rings. The minimum atomic E-state index is -0.662. The van der Waals surface area contributed by atoms with Crippen molar-refractivity contribution < 1.29 is 9.90 Å². The van der Waals surface area contributed by atoms with E-state index in [0.29, 0.717) is 18.8 Å². The summed E-state index contributed by atoms with van der Waals surface area (Å²) >= 11 is 1.48. The molecule has 1 aromatic rings. The minimum absolute atomic E-state index is 0.183. The maximum atomic E-state index is 11.0. The Morgan fingerprint density at radius 1 is 1.15 bits per heavy atom. The van der Waals surface area contributed by atoms with Gasteiger partial charge in [0.2, 0.25) is 5.13 Å². The number of carboxylic acid groups (broad SMARTS) is 1. The normalized spacial score (nSPS) is 22.1. The van der Waals surface area contributed by atoms with Gasteiger partial charge < -0.3 is 10.0 Å². The Hall–Kier alpha value is -1.17. The highest BCUT2D eigenvalue weighted by atomic mass is 32.1. The summed E-state index contributed by atoms with van der Waals surface area (Å²) in [5.74, 6) is 0.720. The standard InChI is InChI=1S/C14H21N3O2S/c18-13(19)11-6-8-17(9-7-11)14-15-12(16-20-14)10-4-2-1-3-5-10/h10-11H,1-9H2,(H,18,19). The van der Waals surface area contributed by atoms with Crippen LogP contribution in [0.2, 0.25) is 0 Å². The van der Waals surface area contributed by atoms with Crippen LogP contribution < -0.4 is 4.90 Å². The van der Waals surface area contributed by atoms with Gasteiger partial charge in [-0.2, -0.15) is 4.37 Å². The van der Waals surface area contributed by atoms with Gasteiger partial charge in [-0.25, -0.2) is 4.98 Å². The lowest BCUT2D eigenvalue weighted by molar-refractivity contribution is -0.142. The first-order valence-electron chi connectivity index (χ1n) is 7.55. The van der Waals surface area contributed by atoms with Crippen molar-refractivity contribution in [3.63, 3.8) is 0 Å². The van der Waals surface area contributed by atoms with Crippen molar-refractivity contribution in [3.05, 3.63) is 5.82 Å². The third kappa shape index (κ3) is 2.95. The Bertz CT molecular complexity index is 463. The number of hydrogen-bond acceptors (Lipinski definition) is 5. The quantitative estimate of drug-likeness (QED) is 0.928. The Labute approximate surface area is 123 Å². The van der Waals surface area contributed by atoms with Crippen LogP contribution in [0, 0.1) is 5.92 Å². The molecular formula is C14H21N3O2S. The summed E-state index contributed by atoms with van der Waals surface area (Å²) in [6.45, 7) is 1.58. The molecule has 2 heterocycles. The van der Waals surface area contributed by atoms with E-state index in [9.17, 15) is 4.79 Å². The molecule has 1 saturated carbocycles. The lowest BCUT2D eigenvalue weighted by Gasteiger charge is -2.29.